The number of hydrogen-bond donors (Lipinski definition) is 2. The van der Waals surface area contributed by atoms with Crippen molar-refractivity contribution in [2.24, 2.45) is 0 Å². The number of aromatic hydroxyl groups is 1. The van der Waals surface area contributed by atoms with Crippen LogP contribution in [0.1, 0.15) is 0 Å². The molecule has 1 aromatic carbocycles. The zero-order valence-corrected chi connectivity index (χ0v) is 10.6. The van der Waals surface area contributed by atoms with Crippen molar-refractivity contribution in [3.8, 4) is 17.1 Å². The Bertz CT molecular complexity index is 774. The molecule has 18 heavy (non-hydrogen) atoms. The van der Waals surface area contributed by atoms with Gasteiger partial charge in [-0.25, -0.2) is 0 Å². The van der Waals surface area contributed by atoms with Crippen molar-refractivity contribution in [2.75, 3.05) is 0 Å². The number of fused-ring (bicyclic) bond motifs is 1. The van der Waals surface area contributed by atoms with Crippen LogP contribution in [0.3, 0.4) is 0 Å². The second-order valence-electron chi connectivity index (χ2n) is 3.73. The molecular weight excluding hydrogens is 300 g/mol. The third-order valence-corrected chi connectivity index (χ3v) is 3.11. The van der Waals surface area contributed by atoms with Crippen LogP contribution in [-0.4, -0.2) is 15.3 Å². The van der Waals surface area contributed by atoms with Crippen LogP contribution in [-0.2, 0) is 0 Å². The number of nitrogens with one attached hydrogen (secondary N) is 1. The second-order valence-corrected chi connectivity index (χ2v) is 4.64. The fourth-order valence-electron chi connectivity index (χ4n) is 1.69. The first-order chi connectivity index (χ1) is 8.66. The van der Waals surface area contributed by atoms with Crippen molar-refractivity contribution in [3.05, 3.63) is 45.2 Å². The molecule has 0 fully saturated rings. The summed E-state index contributed by atoms with van der Waals surface area (Å²) in [6, 6.07) is 7.09. The van der Waals surface area contributed by atoms with Crippen LogP contribution in [0, 0.1) is 0 Å². The Hall–Kier alpha value is -2.08. The molecule has 0 aliphatic carbocycles. The van der Waals surface area contributed by atoms with Crippen molar-refractivity contribution in [3.63, 3.8) is 0 Å². The quantitative estimate of drug-likeness (QED) is 0.724. The Morgan fingerprint density at radius 1 is 1.28 bits per heavy atom. The lowest BCUT2D eigenvalue weighted by atomic mass is 10.1. The minimum absolute atomic E-state index is 0.140. The largest absolute Gasteiger partial charge is 0.501 e. The summed E-state index contributed by atoms with van der Waals surface area (Å²) >= 11 is 3.31. The van der Waals surface area contributed by atoms with E-state index in [-0.39, 0.29) is 11.3 Å². The molecule has 0 bridgehead atoms. The van der Waals surface area contributed by atoms with E-state index in [1.165, 1.54) is 6.20 Å². The van der Waals surface area contributed by atoms with E-state index < -0.39 is 11.2 Å². The van der Waals surface area contributed by atoms with Crippen molar-refractivity contribution >= 4 is 27.0 Å². The van der Waals surface area contributed by atoms with E-state index in [2.05, 4.69) is 26.1 Å². The third kappa shape index (κ3) is 1.62. The summed E-state index contributed by atoms with van der Waals surface area (Å²) in [6.45, 7) is 0. The fourth-order valence-corrected chi connectivity index (χ4v) is 1.96. The van der Waals surface area contributed by atoms with Gasteiger partial charge in [0, 0.05) is 10.0 Å². The molecule has 3 rings (SSSR count). The summed E-state index contributed by atoms with van der Waals surface area (Å²) in [4.78, 5) is 11.9. The maximum absolute atomic E-state index is 11.9. The van der Waals surface area contributed by atoms with Crippen LogP contribution in [0.2, 0.25) is 0 Å². The standard InChI is InChI=1S/C12H7BrN2O3/c13-7-3-1-6(2-4-7)12-11(17)10(16)9-8(18-12)5-14-15-9/h1-5,17H,(H,14,15). The topological polar surface area (TPSA) is 79.1 Å². The summed E-state index contributed by atoms with van der Waals surface area (Å²) in [5.41, 5.74) is 0.576. The monoisotopic (exact) mass is 306 g/mol. The van der Waals surface area contributed by atoms with Gasteiger partial charge in [0.25, 0.3) is 5.43 Å². The van der Waals surface area contributed by atoms with Crippen molar-refractivity contribution in [2.45, 2.75) is 0 Å². The van der Waals surface area contributed by atoms with Gasteiger partial charge in [0.05, 0.1) is 6.20 Å². The molecule has 0 saturated carbocycles. The van der Waals surface area contributed by atoms with Crippen LogP contribution < -0.4 is 5.43 Å². The average Bonchev–Trinajstić information content (AvgIpc) is 2.83. The number of H-pyrrole nitrogens is 1. The number of halogens is 1. The molecular formula is C12H7BrN2O3. The van der Waals surface area contributed by atoms with Crippen LogP contribution in [0.5, 0.6) is 5.75 Å². The second kappa shape index (κ2) is 3.99. The van der Waals surface area contributed by atoms with Gasteiger partial charge in [-0.2, -0.15) is 5.10 Å². The molecule has 2 heterocycles. The smallest absolute Gasteiger partial charge is 0.252 e. The van der Waals surface area contributed by atoms with Crippen molar-refractivity contribution < 1.29 is 9.52 Å². The fraction of sp³-hybridized carbons (Fsp3) is 0. The Morgan fingerprint density at radius 2 is 2.00 bits per heavy atom. The SMILES string of the molecule is O=c1c(O)c(-c2ccc(Br)cc2)oc2cn[nH]c12. The van der Waals surface area contributed by atoms with E-state index in [1.807, 2.05) is 0 Å². The van der Waals surface area contributed by atoms with Crippen LogP contribution in [0.4, 0.5) is 0 Å². The molecule has 90 valence electrons. The summed E-state index contributed by atoms with van der Waals surface area (Å²) in [7, 11) is 0. The Kier molecular flexibility index (Phi) is 2.45. The van der Waals surface area contributed by atoms with Gasteiger partial charge in [-0.15, -0.1) is 0 Å². The number of aromatic amines is 1. The highest BCUT2D eigenvalue weighted by atomic mass is 79.9. The first-order valence-electron chi connectivity index (χ1n) is 5.12. The molecule has 0 aliphatic heterocycles. The predicted octanol–water partition coefficient (Wildman–Crippen LogP) is 2.65. The van der Waals surface area contributed by atoms with Gasteiger partial charge in [-0.1, -0.05) is 15.9 Å². The van der Waals surface area contributed by atoms with E-state index in [1.54, 1.807) is 24.3 Å². The minimum Gasteiger partial charge on any atom is -0.501 e. The Morgan fingerprint density at radius 3 is 2.72 bits per heavy atom. The summed E-state index contributed by atoms with van der Waals surface area (Å²) in [5.74, 6) is -0.282. The lowest BCUT2D eigenvalue weighted by molar-refractivity contribution is 0.449. The Balaban J connectivity index is 2.32. The molecule has 0 spiro atoms. The zero-order valence-electron chi connectivity index (χ0n) is 8.98. The van der Waals surface area contributed by atoms with Crippen molar-refractivity contribution in [1.29, 1.82) is 0 Å². The van der Waals surface area contributed by atoms with Crippen LogP contribution in [0.25, 0.3) is 22.4 Å². The van der Waals surface area contributed by atoms with Gasteiger partial charge < -0.3 is 9.52 Å². The van der Waals surface area contributed by atoms with Gasteiger partial charge in [-0.3, -0.25) is 9.89 Å². The highest BCUT2D eigenvalue weighted by molar-refractivity contribution is 9.10. The first kappa shape index (κ1) is 11.0. The minimum atomic E-state index is -0.522. The lowest BCUT2D eigenvalue weighted by Crippen LogP contribution is -2.02. The van der Waals surface area contributed by atoms with E-state index in [4.69, 9.17) is 4.42 Å². The highest BCUT2D eigenvalue weighted by Crippen LogP contribution is 2.29. The first-order valence-corrected chi connectivity index (χ1v) is 5.91. The van der Waals surface area contributed by atoms with E-state index >= 15 is 0 Å². The molecule has 3 aromatic rings. The zero-order chi connectivity index (χ0) is 12.7. The van der Waals surface area contributed by atoms with Gasteiger partial charge in [0.15, 0.2) is 16.9 Å². The third-order valence-electron chi connectivity index (χ3n) is 2.58. The summed E-state index contributed by atoms with van der Waals surface area (Å²) in [6.07, 6.45) is 1.40. The van der Waals surface area contributed by atoms with E-state index in [9.17, 15) is 9.90 Å². The molecule has 0 unspecified atom stereocenters. The van der Waals surface area contributed by atoms with Gasteiger partial charge in [0.2, 0.25) is 5.75 Å². The number of nitrogens with zero attached hydrogens (tertiary/aromatic N) is 1. The van der Waals surface area contributed by atoms with Crippen LogP contribution >= 0.6 is 15.9 Å². The molecule has 0 atom stereocenters. The molecule has 0 aliphatic rings. The number of rotatable bonds is 1. The molecule has 0 amide bonds. The molecule has 2 aromatic heterocycles. The molecule has 6 heteroatoms. The molecule has 5 nitrogen and oxygen atoms in total. The molecule has 0 radical (unpaired) electrons. The van der Waals surface area contributed by atoms with Gasteiger partial charge in [-0.05, 0) is 24.3 Å². The number of benzene rings is 1. The number of aromatic nitrogens is 2. The maximum Gasteiger partial charge on any atom is 0.252 e. The average molecular weight is 307 g/mol. The predicted molar refractivity (Wildman–Crippen MR) is 69.4 cm³/mol. The normalized spacial score (nSPS) is 10.9. The maximum atomic E-state index is 11.9. The summed E-state index contributed by atoms with van der Waals surface area (Å²) in [5, 5.41) is 16.1. The summed E-state index contributed by atoms with van der Waals surface area (Å²) < 4.78 is 6.38. The van der Waals surface area contributed by atoms with Crippen molar-refractivity contribution in [1.82, 2.24) is 10.2 Å². The van der Waals surface area contributed by atoms with E-state index in [0.717, 1.165) is 4.47 Å². The lowest BCUT2D eigenvalue weighted by Gasteiger charge is -2.03. The van der Waals surface area contributed by atoms with Gasteiger partial charge in [0.1, 0.15) is 0 Å². The number of hydrogen-bond acceptors (Lipinski definition) is 4. The highest BCUT2D eigenvalue weighted by Gasteiger charge is 2.16. The molecule has 2 N–H and O–H groups in total. The molecule has 0 saturated heterocycles. The van der Waals surface area contributed by atoms with E-state index in [0.29, 0.717) is 11.1 Å². The van der Waals surface area contributed by atoms with Crippen LogP contribution in [0.15, 0.2) is 44.1 Å². The van der Waals surface area contributed by atoms with Gasteiger partial charge >= 0.3 is 0 Å². The Labute approximate surface area is 109 Å².